The first-order chi connectivity index (χ1) is 3.71. The van der Waals surface area contributed by atoms with Crippen LogP contribution >= 0.6 is 15.6 Å². The molecule has 0 saturated heterocycles. The summed E-state index contributed by atoms with van der Waals surface area (Å²) in [6, 6.07) is 0. The molecular formula is H14Ca5O7P2. The van der Waals surface area contributed by atoms with Crippen LogP contribution in [0.3, 0.4) is 0 Å². The van der Waals surface area contributed by atoms with Crippen LogP contribution in [0.4, 0.5) is 0 Å². The third-order valence-electron chi connectivity index (χ3n) is 0.213. The first-order valence-electron chi connectivity index (χ1n) is 1.53. The molecule has 0 heterocycles. The van der Waals surface area contributed by atoms with Crippen LogP contribution in [-0.2, 0) is 13.4 Å². The molecule has 0 aromatic heterocycles. The predicted octanol–water partition coefficient (Wildman–Crippen LogP) is -5.39. The molecule has 0 radical (unpaired) electrons. The van der Waals surface area contributed by atoms with Crippen molar-refractivity contribution in [1.29, 1.82) is 0 Å². The molecule has 0 fully saturated rings. The molecule has 4 N–H and O–H groups in total. The molecule has 0 aliphatic heterocycles. The summed E-state index contributed by atoms with van der Waals surface area (Å²) in [7, 11) is -10.1. The second kappa shape index (κ2) is 17.6. The Balaban J connectivity index is -0.0000000320. The maximum absolute atomic E-state index is 9.63. The molecule has 7 nitrogen and oxygen atoms in total. The van der Waals surface area contributed by atoms with Crippen LogP contribution in [0.1, 0.15) is 0 Å². The van der Waals surface area contributed by atoms with E-state index in [9.17, 15) is 9.13 Å². The van der Waals surface area contributed by atoms with Crippen molar-refractivity contribution in [2.45, 2.75) is 0 Å². The second-order valence-corrected chi connectivity index (χ2v) is 3.68. The molecule has 0 aliphatic carbocycles. The first-order valence-corrected chi connectivity index (χ1v) is 4.59. The number of hydrogen-bond acceptors (Lipinski definition) is 3. The third kappa shape index (κ3) is 36.3. The van der Waals surface area contributed by atoms with Crippen molar-refractivity contribution in [3.63, 3.8) is 0 Å². The van der Waals surface area contributed by atoms with E-state index in [1.807, 2.05) is 0 Å². The summed E-state index contributed by atoms with van der Waals surface area (Å²) >= 11 is 0. The van der Waals surface area contributed by atoms with Gasteiger partial charge in [-0.2, -0.15) is 4.31 Å². The molecule has 0 saturated carbocycles. The molecule has 14 heavy (non-hydrogen) atoms. The van der Waals surface area contributed by atoms with E-state index in [2.05, 4.69) is 4.31 Å². The van der Waals surface area contributed by atoms with Crippen molar-refractivity contribution in [1.82, 2.24) is 0 Å². The van der Waals surface area contributed by atoms with Crippen molar-refractivity contribution in [3.8, 4) is 0 Å². The van der Waals surface area contributed by atoms with Crippen molar-refractivity contribution in [2.24, 2.45) is 0 Å². The summed E-state index contributed by atoms with van der Waals surface area (Å²) in [6.07, 6.45) is 0. The molecule has 0 spiro atoms. The Kier molecular flexibility index (Phi) is 46.7. The molecule has 14 heteroatoms. The average molecular weight is 388 g/mol. The number of rotatable bonds is 2. The monoisotopic (exact) mass is 388 g/mol. The second-order valence-electron chi connectivity index (χ2n) is 1.06. The van der Waals surface area contributed by atoms with E-state index < -0.39 is 15.6 Å². The van der Waals surface area contributed by atoms with Gasteiger partial charge in [-0.1, -0.05) is 0 Å². The summed E-state index contributed by atoms with van der Waals surface area (Å²) < 4.78 is 22.2. The topological polar surface area (TPSA) is 124 Å². The average Bonchev–Trinajstić information content (AvgIpc) is 1.14. The van der Waals surface area contributed by atoms with E-state index in [0.717, 1.165) is 0 Å². The van der Waals surface area contributed by atoms with Crippen LogP contribution in [0.2, 0.25) is 0 Å². The summed E-state index contributed by atoms with van der Waals surface area (Å²) in [5, 5.41) is 0. The molecular weight excluding hydrogens is 374 g/mol. The molecule has 0 bridgehead atoms. The first kappa shape index (κ1) is 37.1. The maximum atomic E-state index is 9.63. The van der Waals surface area contributed by atoms with Gasteiger partial charge in [0.25, 0.3) is 0 Å². The van der Waals surface area contributed by atoms with Gasteiger partial charge in [-0.25, -0.2) is 9.13 Å². The van der Waals surface area contributed by atoms with Gasteiger partial charge in [0.15, 0.2) is 0 Å². The Hall–Kier alpha value is 6.56. The summed E-state index contributed by atoms with van der Waals surface area (Å²) in [4.78, 5) is 31.0. The quantitative estimate of drug-likeness (QED) is 0.275. The Labute approximate surface area is 230 Å². The SMILES string of the molecule is O=P(O)(O)OP(=O)(O)O.[CaH2].[CaH2].[CaH2].[CaH2].[CaH2]. The van der Waals surface area contributed by atoms with Crippen molar-refractivity contribution < 1.29 is 33.0 Å². The van der Waals surface area contributed by atoms with E-state index in [1.54, 1.807) is 0 Å². The molecule has 0 unspecified atom stereocenters. The summed E-state index contributed by atoms with van der Waals surface area (Å²) in [6.45, 7) is 0. The van der Waals surface area contributed by atoms with Gasteiger partial charge in [0.1, 0.15) is 0 Å². The normalized spacial score (nSPS) is 8.86. The van der Waals surface area contributed by atoms with Gasteiger partial charge in [-0.05, 0) is 0 Å². The molecule has 76 valence electrons. The van der Waals surface area contributed by atoms with E-state index in [-0.39, 0.29) is 189 Å². The van der Waals surface area contributed by atoms with Crippen LogP contribution in [0.5, 0.6) is 0 Å². The summed E-state index contributed by atoms with van der Waals surface area (Å²) in [5.41, 5.74) is 0. The van der Waals surface area contributed by atoms with E-state index in [4.69, 9.17) is 19.6 Å². The zero-order chi connectivity index (χ0) is 7.71. The van der Waals surface area contributed by atoms with Crippen LogP contribution in [0.25, 0.3) is 0 Å². The van der Waals surface area contributed by atoms with Crippen LogP contribution < -0.4 is 0 Å². The van der Waals surface area contributed by atoms with Crippen LogP contribution in [-0.4, -0.2) is 208 Å². The van der Waals surface area contributed by atoms with Gasteiger partial charge < -0.3 is 19.6 Å². The number of phosphoric acid groups is 2. The third-order valence-corrected chi connectivity index (χ3v) is 1.91. The fourth-order valence-corrected chi connectivity index (χ4v) is 1.25. The minimum absolute atomic E-state index is 0. The number of hydrogen-bond donors (Lipinski definition) is 4. The Morgan fingerprint density at radius 1 is 0.643 bits per heavy atom. The van der Waals surface area contributed by atoms with Gasteiger partial charge in [0.05, 0.1) is 0 Å². The molecule has 0 aromatic rings. The van der Waals surface area contributed by atoms with Crippen molar-refractivity contribution in [3.05, 3.63) is 0 Å². The molecule has 0 aromatic carbocycles. The van der Waals surface area contributed by atoms with Crippen molar-refractivity contribution >= 4 is 204 Å². The molecule has 0 amide bonds. The fraction of sp³-hybridized carbons (Fsp3) is 0. The summed E-state index contributed by atoms with van der Waals surface area (Å²) in [5.74, 6) is 0. The van der Waals surface area contributed by atoms with Crippen LogP contribution in [0.15, 0.2) is 0 Å². The molecule has 0 atom stereocenters. The van der Waals surface area contributed by atoms with E-state index >= 15 is 0 Å². The Morgan fingerprint density at radius 3 is 0.786 bits per heavy atom. The Bertz CT molecular complexity index is 161. The van der Waals surface area contributed by atoms with Crippen LogP contribution in [0, 0.1) is 0 Å². The van der Waals surface area contributed by atoms with Gasteiger partial charge in [0, 0.05) is 0 Å². The molecule has 0 rings (SSSR count). The van der Waals surface area contributed by atoms with Gasteiger partial charge >= 0.3 is 204 Å². The molecule has 0 aliphatic rings. The zero-order valence-corrected chi connectivity index (χ0v) is 5.70. The predicted molar refractivity (Wildman–Crippen MR) is 67.9 cm³/mol. The fourth-order valence-electron chi connectivity index (χ4n) is 0.139. The Morgan fingerprint density at radius 2 is 0.786 bits per heavy atom. The van der Waals surface area contributed by atoms with Gasteiger partial charge in [-0.3, -0.25) is 0 Å². The minimum atomic E-state index is -5.05. The van der Waals surface area contributed by atoms with E-state index in [0.29, 0.717) is 0 Å². The van der Waals surface area contributed by atoms with Crippen molar-refractivity contribution in [2.75, 3.05) is 0 Å². The van der Waals surface area contributed by atoms with E-state index in [1.165, 1.54) is 0 Å². The zero-order valence-electron chi connectivity index (χ0n) is 3.91. The van der Waals surface area contributed by atoms with Gasteiger partial charge in [0.2, 0.25) is 0 Å². The van der Waals surface area contributed by atoms with Gasteiger partial charge in [-0.15, -0.1) is 0 Å². The standard InChI is InChI=1S/5Ca.H4O7P2.10H/c;;;;;1-8(2,3)7-9(4,5)6;;;;;;;;;;/h;;;;;(H2,1,2,3)(H2,4,5,6);;;;;;;;;;.